The van der Waals surface area contributed by atoms with Gasteiger partial charge in [0, 0.05) is 17.0 Å². The van der Waals surface area contributed by atoms with Crippen LogP contribution in [0.15, 0.2) is 35.5 Å². The van der Waals surface area contributed by atoms with Gasteiger partial charge >= 0.3 is 0 Å². The third-order valence-electron chi connectivity index (χ3n) is 3.29. The molecule has 0 N–H and O–H groups in total. The van der Waals surface area contributed by atoms with Crippen LogP contribution in [0.5, 0.6) is 5.75 Å². The van der Waals surface area contributed by atoms with Crippen molar-refractivity contribution in [2.24, 2.45) is 4.99 Å². The molecule has 1 aromatic rings. The van der Waals surface area contributed by atoms with E-state index in [-0.39, 0.29) is 5.60 Å². The molecule has 2 aliphatic heterocycles. The largest absolute Gasteiger partial charge is 0.469 e. The van der Waals surface area contributed by atoms with Gasteiger partial charge in [0.05, 0.1) is 12.8 Å². The Morgan fingerprint density at radius 2 is 2.17 bits per heavy atom. The van der Waals surface area contributed by atoms with Crippen molar-refractivity contribution in [2.75, 3.05) is 6.54 Å². The monoisotopic (exact) mass is 243 g/mol. The fraction of sp³-hybridized carbons (Fsp3) is 0.400. The van der Waals surface area contributed by atoms with Crippen LogP contribution in [-0.2, 0) is 4.74 Å². The molecular weight excluding hydrogens is 226 g/mol. The Hall–Kier alpha value is -1.77. The highest BCUT2D eigenvalue weighted by Crippen LogP contribution is 2.33. The molecular formula is C15H17NO2. The minimum atomic E-state index is -0.195. The van der Waals surface area contributed by atoms with Crippen molar-refractivity contribution < 1.29 is 9.47 Å². The van der Waals surface area contributed by atoms with Gasteiger partial charge in [-0.3, -0.25) is 0 Å². The van der Waals surface area contributed by atoms with E-state index < -0.39 is 0 Å². The predicted octanol–water partition coefficient (Wildman–Crippen LogP) is 3.25. The zero-order valence-corrected chi connectivity index (χ0v) is 10.9. The van der Waals surface area contributed by atoms with E-state index in [0.29, 0.717) is 18.4 Å². The van der Waals surface area contributed by atoms with Crippen molar-refractivity contribution in [3.8, 4) is 5.75 Å². The Morgan fingerprint density at radius 3 is 2.89 bits per heavy atom. The van der Waals surface area contributed by atoms with Crippen LogP contribution in [0.25, 0.3) is 0 Å². The van der Waals surface area contributed by atoms with E-state index in [9.17, 15) is 0 Å². The minimum Gasteiger partial charge on any atom is -0.469 e. The van der Waals surface area contributed by atoms with Crippen molar-refractivity contribution in [3.05, 3.63) is 41.7 Å². The molecule has 18 heavy (non-hydrogen) atoms. The summed E-state index contributed by atoms with van der Waals surface area (Å²) in [6.07, 6.45) is 3.80. The number of ether oxygens (including phenoxy) is 2. The summed E-state index contributed by atoms with van der Waals surface area (Å²) < 4.78 is 11.4. The predicted molar refractivity (Wildman–Crippen MR) is 71.2 cm³/mol. The summed E-state index contributed by atoms with van der Waals surface area (Å²) >= 11 is 0. The zero-order chi connectivity index (χ0) is 12.8. The van der Waals surface area contributed by atoms with Gasteiger partial charge in [-0.2, -0.15) is 0 Å². The maximum atomic E-state index is 5.83. The van der Waals surface area contributed by atoms with E-state index in [1.807, 2.05) is 19.9 Å². The van der Waals surface area contributed by atoms with E-state index in [1.54, 1.807) is 6.26 Å². The highest BCUT2D eigenvalue weighted by molar-refractivity contribution is 5.96. The first kappa shape index (κ1) is 11.3. The molecule has 3 heteroatoms. The average molecular weight is 243 g/mol. The van der Waals surface area contributed by atoms with Crippen molar-refractivity contribution in [2.45, 2.75) is 32.3 Å². The second-order valence-corrected chi connectivity index (χ2v) is 5.47. The van der Waals surface area contributed by atoms with Crippen molar-refractivity contribution >= 4 is 5.90 Å². The van der Waals surface area contributed by atoms with E-state index in [1.165, 1.54) is 5.56 Å². The van der Waals surface area contributed by atoms with Crippen LogP contribution >= 0.6 is 0 Å². The molecule has 0 saturated carbocycles. The lowest BCUT2D eigenvalue weighted by Crippen LogP contribution is -2.24. The smallest absolute Gasteiger partial charge is 0.216 e. The molecule has 0 saturated heterocycles. The van der Waals surface area contributed by atoms with Gasteiger partial charge < -0.3 is 9.47 Å². The van der Waals surface area contributed by atoms with E-state index in [0.717, 1.165) is 11.3 Å². The molecule has 0 bridgehead atoms. The first-order chi connectivity index (χ1) is 8.55. The molecule has 3 nitrogen and oxygen atoms in total. The summed E-state index contributed by atoms with van der Waals surface area (Å²) in [7, 11) is 0. The highest BCUT2D eigenvalue weighted by atomic mass is 16.5. The summed E-state index contributed by atoms with van der Waals surface area (Å²) in [5.41, 5.74) is 2.00. The van der Waals surface area contributed by atoms with Crippen LogP contribution < -0.4 is 4.74 Å². The van der Waals surface area contributed by atoms with Crippen LogP contribution in [0.4, 0.5) is 0 Å². The zero-order valence-electron chi connectivity index (χ0n) is 10.9. The SMILES string of the molecule is CC1C=COc2cc(C3=NCC(C)(C)O3)ccc21. The van der Waals surface area contributed by atoms with Crippen LogP contribution in [0.1, 0.15) is 37.8 Å². The number of allylic oxidation sites excluding steroid dienone is 1. The van der Waals surface area contributed by atoms with Gasteiger partial charge in [0.15, 0.2) is 0 Å². The fourth-order valence-electron chi connectivity index (χ4n) is 2.22. The molecule has 0 spiro atoms. The third-order valence-corrected chi connectivity index (χ3v) is 3.29. The summed E-state index contributed by atoms with van der Waals surface area (Å²) in [4.78, 5) is 4.45. The van der Waals surface area contributed by atoms with Gasteiger partial charge in [-0.15, -0.1) is 0 Å². The molecule has 2 heterocycles. The Morgan fingerprint density at radius 1 is 1.33 bits per heavy atom. The molecule has 0 aliphatic carbocycles. The summed E-state index contributed by atoms with van der Waals surface area (Å²) in [5.74, 6) is 2.01. The normalized spacial score (nSPS) is 23.9. The highest BCUT2D eigenvalue weighted by Gasteiger charge is 2.28. The number of hydrogen-bond acceptors (Lipinski definition) is 3. The molecule has 2 aliphatic rings. The van der Waals surface area contributed by atoms with Crippen LogP contribution in [0, 0.1) is 0 Å². The third kappa shape index (κ3) is 1.90. The van der Waals surface area contributed by atoms with Crippen molar-refractivity contribution in [1.29, 1.82) is 0 Å². The maximum absolute atomic E-state index is 5.83. The fourth-order valence-corrected chi connectivity index (χ4v) is 2.22. The van der Waals surface area contributed by atoms with Gasteiger partial charge in [-0.1, -0.05) is 13.0 Å². The van der Waals surface area contributed by atoms with Crippen molar-refractivity contribution in [1.82, 2.24) is 0 Å². The lowest BCUT2D eigenvalue weighted by molar-refractivity contribution is 0.131. The lowest BCUT2D eigenvalue weighted by atomic mass is 9.97. The lowest BCUT2D eigenvalue weighted by Gasteiger charge is -2.20. The Balaban J connectivity index is 1.93. The van der Waals surface area contributed by atoms with Gasteiger partial charge in [0.2, 0.25) is 5.90 Å². The molecule has 0 aromatic heterocycles. The van der Waals surface area contributed by atoms with Crippen LogP contribution in [-0.4, -0.2) is 18.0 Å². The molecule has 0 amide bonds. The maximum Gasteiger partial charge on any atom is 0.216 e. The summed E-state index contributed by atoms with van der Waals surface area (Å²) in [6, 6.07) is 6.16. The second-order valence-electron chi connectivity index (χ2n) is 5.47. The molecule has 94 valence electrons. The van der Waals surface area contributed by atoms with E-state index >= 15 is 0 Å². The topological polar surface area (TPSA) is 30.8 Å². The number of hydrogen-bond donors (Lipinski definition) is 0. The summed E-state index contributed by atoms with van der Waals surface area (Å²) in [6.45, 7) is 6.95. The molecule has 1 aromatic carbocycles. The van der Waals surface area contributed by atoms with E-state index in [4.69, 9.17) is 9.47 Å². The molecule has 3 rings (SSSR count). The molecule has 1 atom stereocenters. The van der Waals surface area contributed by atoms with Crippen LogP contribution in [0.3, 0.4) is 0 Å². The van der Waals surface area contributed by atoms with Crippen molar-refractivity contribution in [3.63, 3.8) is 0 Å². The second kappa shape index (κ2) is 3.87. The van der Waals surface area contributed by atoms with Crippen LogP contribution in [0.2, 0.25) is 0 Å². The number of fused-ring (bicyclic) bond motifs is 1. The van der Waals surface area contributed by atoms with Gasteiger partial charge in [0.25, 0.3) is 0 Å². The van der Waals surface area contributed by atoms with Gasteiger partial charge in [0.1, 0.15) is 11.4 Å². The molecule has 1 unspecified atom stereocenters. The number of nitrogens with zero attached hydrogens (tertiary/aromatic N) is 1. The first-order valence-corrected chi connectivity index (χ1v) is 6.26. The Kier molecular flexibility index (Phi) is 2.44. The standard InChI is InChI=1S/C15H17NO2/c1-10-6-7-17-13-8-11(4-5-12(10)13)14-16-9-15(2,3)18-14/h4-8,10H,9H2,1-3H3. The first-order valence-electron chi connectivity index (χ1n) is 6.26. The quantitative estimate of drug-likeness (QED) is 0.758. The number of rotatable bonds is 1. The van der Waals surface area contributed by atoms with Gasteiger partial charge in [-0.05, 0) is 32.1 Å². The Labute approximate surface area is 107 Å². The number of aliphatic imine (C=N–C) groups is 1. The van der Waals surface area contributed by atoms with E-state index in [2.05, 4.69) is 30.1 Å². The average Bonchev–Trinajstić information content (AvgIpc) is 2.70. The Bertz CT molecular complexity index is 543. The minimum absolute atomic E-state index is 0.195. The van der Waals surface area contributed by atoms with Gasteiger partial charge in [-0.25, -0.2) is 4.99 Å². The molecule has 0 radical (unpaired) electrons. The molecule has 0 fully saturated rings. The summed E-state index contributed by atoms with van der Waals surface area (Å²) in [5, 5.41) is 0. The number of benzene rings is 1.